The second-order valence-electron chi connectivity index (χ2n) is 4.97. The highest BCUT2D eigenvalue weighted by molar-refractivity contribution is 7.91. The van der Waals surface area contributed by atoms with Crippen molar-refractivity contribution >= 4 is 21.4 Å². The number of anilines is 1. The van der Waals surface area contributed by atoms with E-state index in [1.54, 1.807) is 18.2 Å². The Balaban J connectivity index is 2.00. The van der Waals surface area contributed by atoms with Crippen molar-refractivity contribution in [2.45, 2.75) is 25.8 Å². The lowest BCUT2D eigenvalue weighted by Crippen LogP contribution is -2.40. The van der Waals surface area contributed by atoms with Crippen LogP contribution >= 0.6 is 0 Å². The average molecular weight is 282 g/mol. The summed E-state index contributed by atoms with van der Waals surface area (Å²) >= 11 is 0. The summed E-state index contributed by atoms with van der Waals surface area (Å²) in [7, 11) is -2.90. The zero-order valence-electron chi connectivity index (χ0n) is 10.8. The van der Waals surface area contributed by atoms with Crippen molar-refractivity contribution in [3.8, 4) is 0 Å². The number of sulfone groups is 1. The molecule has 1 aliphatic heterocycles. The summed E-state index contributed by atoms with van der Waals surface area (Å²) in [6, 6.07) is 5.10. The van der Waals surface area contributed by atoms with Crippen molar-refractivity contribution in [3.63, 3.8) is 0 Å². The summed E-state index contributed by atoms with van der Waals surface area (Å²) in [5, 5.41) is 2.86. The molecular weight excluding hydrogens is 264 g/mol. The molecule has 6 heteroatoms. The van der Waals surface area contributed by atoms with Gasteiger partial charge in [0.15, 0.2) is 0 Å². The zero-order chi connectivity index (χ0) is 14.0. The molecule has 1 saturated heterocycles. The third kappa shape index (κ3) is 3.47. The number of aryl methyl sites for hydroxylation is 1. The monoisotopic (exact) mass is 282 g/mol. The largest absolute Gasteiger partial charge is 0.398 e. The van der Waals surface area contributed by atoms with E-state index in [0.717, 1.165) is 5.56 Å². The fourth-order valence-corrected chi connectivity index (χ4v) is 3.58. The van der Waals surface area contributed by atoms with Crippen LogP contribution < -0.4 is 11.1 Å². The summed E-state index contributed by atoms with van der Waals surface area (Å²) in [6.07, 6.45) is 0.963. The van der Waals surface area contributed by atoms with Crippen LogP contribution in [0.3, 0.4) is 0 Å². The maximum Gasteiger partial charge on any atom is 0.251 e. The molecule has 0 aliphatic carbocycles. The summed E-state index contributed by atoms with van der Waals surface area (Å²) < 4.78 is 22.6. The molecule has 0 unspecified atom stereocenters. The molecule has 1 fully saturated rings. The zero-order valence-corrected chi connectivity index (χ0v) is 11.7. The second kappa shape index (κ2) is 5.21. The number of amides is 1. The first kappa shape index (κ1) is 13.9. The van der Waals surface area contributed by atoms with Crippen LogP contribution in [0.5, 0.6) is 0 Å². The standard InChI is InChI=1S/C13H18N2O3S/c1-9-2-3-10(8-12(9)14)13(16)15-11-4-6-19(17,18)7-5-11/h2-3,8,11H,4-7,14H2,1H3,(H,15,16). The van der Waals surface area contributed by atoms with Gasteiger partial charge >= 0.3 is 0 Å². The summed E-state index contributed by atoms with van der Waals surface area (Å²) in [5.41, 5.74) is 7.79. The second-order valence-corrected chi connectivity index (χ2v) is 7.27. The highest BCUT2D eigenvalue weighted by Gasteiger charge is 2.24. The molecule has 19 heavy (non-hydrogen) atoms. The molecule has 0 bridgehead atoms. The molecular formula is C13H18N2O3S. The summed E-state index contributed by atoms with van der Waals surface area (Å²) in [4.78, 5) is 12.0. The van der Waals surface area contributed by atoms with E-state index in [2.05, 4.69) is 5.32 Å². The van der Waals surface area contributed by atoms with Gasteiger partial charge in [0.25, 0.3) is 5.91 Å². The highest BCUT2D eigenvalue weighted by atomic mass is 32.2. The van der Waals surface area contributed by atoms with Gasteiger partial charge in [-0.2, -0.15) is 0 Å². The van der Waals surface area contributed by atoms with Gasteiger partial charge in [-0.05, 0) is 37.5 Å². The van der Waals surface area contributed by atoms with Crippen molar-refractivity contribution in [1.29, 1.82) is 0 Å². The molecule has 5 nitrogen and oxygen atoms in total. The predicted octanol–water partition coefficient (Wildman–Crippen LogP) is 0.884. The van der Waals surface area contributed by atoms with E-state index in [-0.39, 0.29) is 23.5 Å². The van der Waals surface area contributed by atoms with Crippen LogP contribution in [0.4, 0.5) is 5.69 Å². The SMILES string of the molecule is Cc1ccc(C(=O)NC2CCS(=O)(=O)CC2)cc1N. The van der Waals surface area contributed by atoms with E-state index >= 15 is 0 Å². The van der Waals surface area contributed by atoms with Crippen LogP contribution in [0, 0.1) is 6.92 Å². The van der Waals surface area contributed by atoms with Crippen molar-refractivity contribution in [3.05, 3.63) is 29.3 Å². The van der Waals surface area contributed by atoms with Gasteiger partial charge in [-0.15, -0.1) is 0 Å². The Morgan fingerprint density at radius 1 is 1.32 bits per heavy atom. The van der Waals surface area contributed by atoms with E-state index in [9.17, 15) is 13.2 Å². The Hall–Kier alpha value is -1.56. The molecule has 0 aromatic heterocycles. The molecule has 1 aliphatic rings. The van der Waals surface area contributed by atoms with Crippen LogP contribution in [0.15, 0.2) is 18.2 Å². The normalized spacial score (nSPS) is 19.0. The number of carbonyl (C=O) groups excluding carboxylic acids is 1. The van der Waals surface area contributed by atoms with Gasteiger partial charge in [0.2, 0.25) is 0 Å². The van der Waals surface area contributed by atoms with Gasteiger partial charge in [-0.25, -0.2) is 8.42 Å². The number of nitrogens with two attached hydrogens (primary N) is 1. The molecule has 104 valence electrons. The number of benzene rings is 1. The molecule has 1 heterocycles. The Kier molecular flexibility index (Phi) is 3.80. The minimum Gasteiger partial charge on any atom is -0.398 e. The van der Waals surface area contributed by atoms with Crippen LogP contribution in [0.1, 0.15) is 28.8 Å². The van der Waals surface area contributed by atoms with Crippen LogP contribution in [0.2, 0.25) is 0 Å². The Morgan fingerprint density at radius 3 is 2.53 bits per heavy atom. The fraction of sp³-hybridized carbons (Fsp3) is 0.462. The van der Waals surface area contributed by atoms with E-state index in [0.29, 0.717) is 24.1 Å². The smallest absolute Gasteiger partial charge is 0.251 e. The van der Waals surface area contributed by atoms with Gasteiger partial charge in [0.1, 0.15) is 9.84 Å². The third-order valence-corrected chi connectivity index (χ3v) is 5.15. The molecule has 1 aromatic carbocycles. The van der Waals surface area contributed by atoms with Crippen molar-refractivity contribution in [2.75, 3.05) is 17.2 Å². The van der Waals surface area contributed by atoms with Gasteiger partial charge in [-0.1, -0.05) is 6.07 Å². The maximum atomic E-state index is 12.0. The van der Waals surface area contributed by atoms with Crippen LogP contribution in [-0.2, 0) is 9.84 Å². The summed E-state index contributed by atoms with van der Waals surface area (Å²) in [6.45, 7) is 1.88. The lowest BCUT2D eigenvalue weighted by Gasteiger charge is -2.23. The van der Waals surface area contributed by atoms with Crippen molar-refractivity contribution < 1.29 is 13.2 Å². The lowest BCUT2D eigenvalue weighted by molar-refractivity contribution is 0.0934. The number of carbonyl (C=O) groups is 1. The number of nitrogen functional groups attached to an aromatic ring is 1. The summed E-state index contributed by atoms with van der Waals surface area (Å²) in [5.74, 6) is 0.0955. The quantitative estimate of drug-likeness (QED) is 0.788. The van der Waals surface area contributed by atoms with Crippen molar-refractivity contribution in [1.82, 2.24) is 5.32 Å². The first-order valence-corrected chi connectivity index (χ1v) is 8.07. The first-order valence-electron chi connectivity index (χ1n) is 6.25. The van der Waals surface area contributed by atoms with Crippen LogP contribution in [-0.4, -0.2) is 31.9 Å². The molecule has 1 aromatic rings. The van der Waals surface area contributed by atoms with Crippen LogP contribution in [0.25, 0.3) is 0 Å². The van der Waals surface area contributed by atoms with E-state index in [1.807, 2.05) is 6.92 Å². The average Bonchev–Trinajstić information content (AvgIpc) is 2.35. The molecule has 2 rings (SSSR count). The van der Waals surface area contributed by atoms with Crippen molar-refractivity contribution in [2.24, 2.45) is 0 Å². The number of nitrogens with one attached hydrogen (secondary N) is 1. The third-order valence-electron chi connectivity index (χ3n) is 3.43. The highest BCUT2D eigenvalue weighted by Crippen LogP contribution is 2.15. The van der Waals surface area contributed by atoms with E-state index in [4.69, 9.17) is 5.73 Å². The van der Waals surface area contributed by atoms with Gasteiger partial charge in [0, 0.05) is 17.3 Å². The Labute approximate surface area is 113 Å². The van der Waals surface area contributed by atoms with Gasteiger partial charge in [-0.3, -0.25) is 4.79 Å². The number of rotatable bonds is 2. The maximum absolute atomic E-state index is 12.0. The minimum atomic E-state index is -2.90. The van der Waals surface area contributed by atoms with E-state index < -0.39 is 9.84 Å². The molecule has 0 radical (unpaired) electrons. The fourth-order valence-electron chi connectivity index (χ4n) is 2.08. The Morgan fingerprint density at radius 2 is 1.95 bits per heavy atom. The molecule has 0 atom stereocenters. The Bertz CT molecular complexity index is 582. The van der Waals surface area contributed by atoms with Gasteiger partial charge in [0.05, 0.1) is 11.5 Å². The molecule has 3 N–H and O–H groups in total. The predicted molar refractivity (Wildman–Crippen MR) is 74.7 cm³/mol. The molecule has 0 spiro atoms. The molecule has 1 amide bonds. The number of hydrogen-bond acceptors (Lipinski definition) is 4. The van der Waals surface area contributed by atoms with Gasteiger partial charge < -0.3 is 11.1 Å². The topological polar surface area (TPSA) is 89.3 Å². The van der Waals surface area contributed by atoms with E-state index in [1.165, 1.54) is 0 Å². The minimum absolute atomic E-state index is 0.0708. The number of hydrogen-bond donors (Lipinski definition) is 2. The first-order chi connectivity index (χ1) is 8.87. The molecule has 0 saturated carbocycles. The lowest BCUT2D eigenvalue weighted by atomic mass is 10.1.